The van der Waals surface area contributed by atoms with Crippen LogP contribution in [0.3, 0.4) is 0 Å². The first-order chi connectivity index (χ1) is 13.3. The second-order valence-corrected chi connectivity index (χ2v) is 7.86. The molecule has 0 radical (unpaired) electrons. The summed E-state index contributed by atoms with van der Waals surface area (Å²) in [6.45, 7) is 6.07. The highest BCUT2D eigenvalue weighted by molar-refractivity contribution is 14.0. The number of halogens is 1. The summed E-state index contributed by atoms with van der Waals surface area (Å²) < 4.78 is 1.90. The fraction of sp³-hybridized carbons (Fsp3) is 0.545. The van der Waals surface area contributed by atoms with E-state index in [-0.39, 0.29) is 24.0 Å². The second-order valence-electron chi connectivity index (χ2n) is 7.86. The Hall–Kier alpha value is -1.77. The van der Waals surface area contributed by atoms with Crippen molar-refractivity contribution in [3.8, 4) is 0 Å². The van der Waals surface area contributed by atoms with Gasteiger partial charge in [0.25, 0.3) is 0 Å². The van der Waals surface area contributed by atoms with E-state index >= 15 is 0 Å². The lowest BCUT2D eigenvalue weighted by Gasteiger charge is -2.22. The summed E-state index contributed by atoms with van der Waals surface area (Å²) in [7, 11) is 10.0. The molecule has 0 aliphatic carbocycles. The molecule has 0 spiro atoms. The van der Waals surface area contributed by atoms with Crippen LogP contribution < -0.4 is 10.2 Å². The molecule has 1 aromatic carbocycles. The van der Waals surface area contributed by atoms with Crippen molar-refractivity contribution in [2.45, 2.75) is 39.2 Å². The molecule has 0 amide bonds. The van der Waals surface area contributed by atoms with Crippen molar-refractivity contribution in [2.75, 3.05) is 39.6 Å². The summed E-state index contributed by atoms with van der Waals surface area (Å²) in [4.78, 5) is 8.72. The van der Waals surface area contributed by atoms with Crippen molar-refractivity contribution < 1.29 is 0 Å². The van der Waals surface area contributed by atoms with Gasteiger partial charge in [-0.05, 0) is 36.5 Å². The molecule has 0 unspecified atom stereocenters. The van der Waals surface area contributed by atoms with Crippen LogP contribution in [0.2, 0.25) is 0 Å². The highest BCUT2D eigenvalue weighted by Crippen LogP contribution is 2.18. The number of hydrogen-bond acceptors (Lipinski definition) is 3. The third kappa shape index (κ3) is 7.53. The van der Waals surface area contributed by atoms with Gasteiger partial charge in [0.05, 0.1) is 5.69 Å². The molecule has 0 bridgehead atoms. The predicted octanol–water partition coefficient (Wildman–Crippen LogP) is 3.87. The average molecular weight is 512 g/mol. The number of anilines is 1. The molecule has 0 aliphatic heterocycles. The number of aliphatic imine (C=N–C) groups is 1. The van der Waals surface area contributed by atoms with Crippen LogP contribution in [0.4, 0.5) is 5.69 Å². The predicted molar refractivity (Wildman–Crippen MR) is 135 cm³/mol. The molecule has 7 heteroatoms. The highest BCUT2D eigenvalue weighted by atomic mass is 127. The number of benzene rings is 1. The maximum Gasteiger partial charge on any atom is 0.193 e. The summed E-state index contributed by atoms with van der Waals surface area (Å²) in [5.74, 6) is 1.33. The first-order valence-electron chi connectivity index (χ1n) is 10.0. The van der Waals surface area contributed by atoms with Crippen molar-refractivity contribution in [3.05, 3.63) is 47.3 Å². The smallest absolute Gasteiger partial charge is 0.193 e. The van der Waals surface area contributed by atoms with Gasteiger partial charge in [-0.2, -0.15) is 5.10 Å². The van der Waals surface area contributed by atoms with Crippen molar-refractivity contribution in [1.29, 1.82) is 0 Å². The van der Waals surface area contributed by atoms with E-state index in [0.717, 1.165) is 37.6 Å². The summed E-state index contributed by atoms with van der Waals surface area (Å²) in [5.41, 5.74) is 5.02. The molecule has 2 rings (SSSR count). The van der Waals surface area contributed by atoms with Gasteiger partial charge in [0, 0.05) is 65.8 Å². The summed E-state index contributed by atoms with van der Waals surface area (Å²) in [6, 6.07) is 8.78. The topological polar surface area (TPSA) is 48.7 Å². The monoisotopic (exact) mass is 512 g/mol. The van der Waals surface area contributed by atoms with Gasteiger partial charge in [0.1, 0.15) is 0 Å². The van der Waals surface area contributed by atoms with E-state index in [1.54, 1.807) is 0 Å². The third-order valence-corrected chi connectivity index (χ3v) is 4.84. The molecular weight excluding hydrogens is 475 g/mol. The number of rotatable bonds is 8. The van der Waals surface area contributed by atoms with Crippen LogP contribution >= 0.6 is 24.0 Å². The Morgan fingerprint density at radius 3 is 2.38 bits per heavy atom. The Bertz CT molecular complexity index is 764. The van der Waals surface area contributed by atoms with E-state index in [9.17, 15) is 0 Å². The maximum atomic E-state index is 4.60. The van der Waals surface area contributed by atoms with Crippen LogP contribution in [0, 0.1) is 0 Å². The van der Waals surface area contributed by atoms with Crippen LogP contribution in [0.15, 0.2) is 35.5 Å². The van der Waals surface area contributed by atoms with Crippen LogP contribution in [0.1, 0.15) is 43.0 Å². The molecule has 0 fully saturated rings. The van der Waals surface area contributed by atoms with Crippen LogP contribution in [-0.4, -0.2) is 55.4 Å². The molecule has 6 nitrogen and oxygen atoms in total. The molecule has 1 N–H and O–H groups in total. The van der Waals surface area contributed by atoms with E-state index in [0.29, 0.717) is 5.92 Å². The van der Waals surface area contributed by atoms with Gasteiger partial charge in [-0.25, -0.2) is 0 Å². The molecule has 1 heterocycles. The van der Waals surface area contributed by atoms with Crippen LogP contribution in [0.25, 0.3) is 0 Å². The standard InChI is InChI=1S/C22H36N6.HI/c1-17(2)21-19(16-28(7)25-21)15-27(6)22(23-3)24-14-8-9-18-10-12-20(13-11-18)26(4)5;/h10-13,16-17H,8-9,14-15H2,1-7H3,(H,23,24);1H. The summed E-state index contributed by atoms with van der Waals surface area (Å²) in [6.07, 6.45) is 4.23. The van der Waals surface area contributed by atoms with Crippen molar-refractivity contribution in [3.63, 3.8) is 0 Å². The third-order valence-electron chi connectivity index (χ3n) is 4.84. The summed E-state index contributed by atoms with van der Waals surface area (Å²) >= 11 is 0. The minimum atomic E-state index is 0. The normalized spacial score (nSPS) is 11.4. The Labute approximate surface area is 193 Å². The largest absolute Gasteiger partial charge is 0.378 e. The molecular formula is C22H37IN6. The first kappa shape index (κ1) is 25.3. The fourth-order valence-electron chi connectivity index (χ4n) is 3.33. The van der Waals surface area contributed by atoms with Gasteiger partial charge in [-0.1, -0.05) is 26.0 Å². The van der Waals surface area contributed by atoms with Gasteiger partial charge >= 0.3 is 0 Å². The van der Waals surface area contributed by atoms with E-state index in [1.807, 2.05) is 18.8 Å². The van der Waals surface area contributed by atoms with Crippen LogP contribution in [0.5, 0.6) is 0 Å². The Morgan fingerprint density at radius 1 is 1.17 bits per heavy atom. The second kappa shape index (κ2) is 12.0. The van der Waals surface area contributed by atoms with Crippen molar-refractivity contribution >= 4 is 35.6 Å². The first-order valence-corrected chi connectivity index (χ1v) is 10.0. The number of aromatic nitrogens is 2. The van der Waals surface area contributed by atoms with E-state index < -0.39 is 0 Å². The summed E-state index contributed by atoms with van der Waals surface area (Å²) in [5, 5.41) is 8.09. The van der Waals surface area contributed by atoms with Gasteiger partial charge in [0.15, 0.2) is 5.96 Å². The minimum Gasteiger partial charge on any atom is -0.378 e. The molecule has 0 saturated carbocycles. The molecule has 0 atom stereocenters. The van der Waals surface area contributed by atoms with E-state index in [1.165, 1.54) is 16.8 Å². The van der Waals surface area contributed by atoms with Crippen molar-refractivity contribution in [1.82, 2.24) is 20.0 Å². The molecule has 29 heavy (non-hydrogen) atoms. The Morgan fingerprint density at radius 2 is 1.83 bits per heavy atom. The molecule has 2 aromatic rings. The number of nitrogens with zero attached hydrogens (tertiary/aromatic N) is 5. The average Bonchev–Trinajstić information content (AvgIpc) is 3.02. The lowest BCUT2D eigenvalue weighted by molar-refractivity contribution is 0.472. The van der Waals surface area contributed by atoms with E-state index in [4.69, 9.17) is 0 Å². The molecule has 0 aliphatic rings. The number of nitrogens with one attached hydrogen (secondary N) is 1. The van der Waals surface area contributed by atoms with Crippen LogP contribution in [-0.2, 0) is 20.0 Å². The van der Waals surface area contributed by atoms with E-state index in [2.05, 4.69) is 90.7 Å². The molecule has 1 aromatic heterocycles. The zero-order chi connectivity index (χ0) is 20.7. The van der Waals surface area contributed by atoms with Gasteiger partial charge in [0.2, 0.25) is 0 Å². The van der Waals surface area contributed by atoms with Crippen molar-refractivity contribution in [2.24, 2.45) is 12.0 Å². The number of hydrogen-bond donors (Lipinski definition) is 1. The van der Waals surface area contributed by atoms with Gasteiger partial charge in [-0.15, -0.1) is 24.0 Å². The maximum absolute atomic E-state index is 4.60. The minimum absolute atomic E-state index is 0. The SMILES string of the molecule is CN=C(NCCCc1ccc(N(C)C)cc1)N(C)Cc1cn(C)nc1C(C)C.I. The van der Waals surface area contributed by atoms with Gasteiger partial charge in [-0.3, -0.25) is 9.67 Å². The zero-order valence-corrected chi connectivity index (χ0v) is 21.3. The lowest BCUT2D eigenvalue weighted by Crippen LogP contribution is -2.39. The lowest BCUT2D eigenvalue weighted by atomic mass is 10.1. The quantitative estimate of drug-likeness (QED) is 0.253. The number of aryl methyl sites for hydroxylation is 2. The Balaban J connectivity index is 0.00000420. The fourth-order valence-corrected chi connectivity index (χ4v) is 3.33. The highest BCUT2D eigenvalue weighted by Gasteiger charge is 2.14. The zero-order valence-electron chi connectivity index (χ0n) is 18.9. The molecule has 162 valence electrons. The van der Waals surface area contributed by atoms with Gasteiger partial charge < -0.3 is 15.1 Å². The number of guanidine groups is 1. The molecule has 0 saturated heterocycles. The Kier molecular flexibility index (Phi) is 10.5.